The third kappa shape index (κ3) is 6.81. The molecule has 39 heavy (non-hydrogen) atoms. The first kappa shape index (κ1) is 28.2. The van der Waals surface area contributed by atoms with Gasteiger partial charge in [0.1, 0.15) is 0 Å². The number of halogens is 2. The molecule has 4 rings (SSSR count). The van der Waals surface area contributed by atoms with E-state index >= 15 is 0 Å². The summed E-state index contributed by atoms with van der Waals surface area (Å²) in [6, 6.07) is 20.0. The maximum atomic E-state index is 13.6. The van der Waals surface area contributed by atoms with Crippen LogP contribution in [0.15, 0.2) is 77.7 Å². The molecular formula is C27H24Cl2N4O5S. The van der Waals surface area contributed by atoms with Gasteiger partial charge in [0.15, 0.2) is 5.75 Å². The van der Waals surface area contributed by atoms with Gasteiger partial charge < -0.3 is 15.1 Å². The number of carbonyl (C=O) groups excluding carboxylic acids is 2. The normalized spacial score (nSPS) is 13.8. The zero-order valence-electron chi connectivity index (χ0n) is 20.6. The second kappa shape index (κ2) is 12.4. The molecule has 0 aliphatic carbocycles. The Balaban J connectivity index is 1.47. The van der Waals surface area contributed by atoms with Gasteiger partial charge in [0.25, 0.3) is 15.9 Å². The number of hydrogen-bond acceptors (Lipinski definition) is 6. The lowest BCUT2D eigenvalue weighted by Gasteiger charge is -2.29. The van der Waals surface area contributed by atoms with Crippen LogP contribution >= 0.6 is 23.2 Å². The summed E-state index contributed by atoms with van der Waals surface area (Å²) in [5.41, 5.74) is 0.403. The van der Waals surface area contributed by atoms with E-state index in [1.54, 1.807) is 35.2 Å². The lowest BCUT2D eigenvalue weighted by atomic mass is 9.99. The Hall–Kier alpha value is -3.78. The van der Waals surface area contributed by atoms with E-state index in [9.17, 15) is 18.0 Å². The van der Waals surface area contributed by atoms with Crippen molar-refractivity contribution >= 4 is 50.7 Å². The first-order valence-electron chi connectivity index (χ1n) is 12.0. The summed E-state index contributed by atoms with van der Waals surface area (Å²) in [5.74, 6) is -0.741. The summed E-state index contributed by atoms with van der Waals surface area (Å²) in [7, 11) is -4.26. The van der Waals surface area contributed by atoms with Crippen LogP contribution in [-0.4, -0.2) is 44.8 Å². The van der Waals surface area contributed by atoms with Crippen LogP contribution in [0.4, 0.5) is 5.69 Å². The molecule has 1 aliphatic heterocycles. The van der Waals surface area contributed by atoms with E-state index in [0.29, 0.717) is 31.0 Å². The van der Waals surface area contributed by atoms with Crippen LogP contribution in [0.2, 0.25) is 10.0 Å². The van der Waals surface area contributed by atoms with Crippen LogP contribution in [0.3, 0.4) is 0 Å². The van der Waals surface area contributed by atoms with Crippen LogP contribution in [0.1, 0.15) is 23.2 Å². The van der Waals surface area contributed by atoms with Crippen molar-refractivity contribution in [1.29, 1.82) is 5.26 Å². The van der Waals surface area contributed by atoms with Gasteiger partial charge in [-0.15, -0.1) is 0 Å². The summed E-state index contributed by atoms with van der Waals surface area (Å²) < 4.78 is 27.9. The highest BCUT2D eigenvalue weighted by Crippen LogP contribution is 2.32. The summed E-state index contributed by atoms with van der Waals surface area (Å²) in [6.07, 6.45) is 1.22. The predicted octanol–water partition coefficient (Wildman–Crippen LogP) is 4.67. The van der Waals surface area contributed by atoms with Crippen LogP contribution in [0.25, 0.3) is 0 Å². The molecule has 0 aromatic heterocycles. The van der Waals surface area contributed by atoms with E-state index in [1.165, 1.54) is 42.5 Å². The van der Waals surface area contributed by atoms with Gasteiger partial charge in [0.05, 0.1) is 28.2 Å². The number of para-hydroxylation sites is 1. The molecule has 1 N–H and O–H groups in total. The molecular weight excluding hydrogens is 563 g/mol. The van der Waals surface area contributed by atoms with Gasteiger partial charge in [-0.25, -0.2) is 0 Å². The first-order chi connectivity index (χ1) is 18.7. The topological polar surface area (TPSA) is 120 Å². The Morgan fingerprint density at radius 1 is 1.03 bits per heavy atom. The van der Waals surface area contributed by atoms with Gasteiger partial charge in [-0.05, 0) is 67.4 Å². The smallest absolute Gasteiger partial charge is 0.295 e. The summed E-state index contributed by atoms with van der Waals surface area (Å²) >= 11 is 12.2. The van der Waals surface area contributed by atoms with Gasteiger partial charge in [0.2, 0.25) is 5.91 Å². The molecule has 1 fully saturated rings. The van der Waals surface area contributed by atoms with Crippen LogP contribution < -0.4 is 14.6 Å². The predicted molar refractivity (Wildman–Crippen MR) is 147 cm³/mol. The number of anilines is 1. The SMILES string of the molecule is N#CC1CCN(C(=O)CNC(=O)c2ccc(S(=O)(=O)N(Oc3ccc(Cl)cc3Cl)c3ccccc3)cc2)CC1. The largest absolute Gasteiger partial charge is 0.363 e. The fourth-order valence-electron chi connectivity index (χ4n) is 3.93. The van der Waals surface area contributed by atoms with Gasteiger partial charge >= 0.3 is 0 Å². The second-order valence-corrected chi connectivity index (χ2v) is 11.3. The number of nitrogens with one attached hydrogen (secondary N) is 1. The standard InChI is InChI=1S/C27H24Cl2N4O5S/c28-21-8-11-25(24(29)16-21)38-33(22-4-2-1-3-5-22)39(36,37)23-9-6-20(7-10-23)27(35)31-18-26(34)32-14-12-19(17-30)13-15-32/h1-11,16,19H,12-15,18H2,(H,31,35). The maximum Gasteiger partial charge on any atom is 0.295 e. The molecule has 0 atom stereocenters. The lowest BCUT2D eigenvalue weighted by molar-refractivity contribution is -0.131. The Bertz CT molecular complexity index is 1490. The minimum Gasteiger partial charge on any atom is -0.363 e. The number of likely N-dealkylation sites (tertiary alicyclic amines) is 1. The number of nitrogens with zero attached hydrogens (tertiary/aromatic N) is 3. The second-order valence-electron chi connectivity index (χ2n) is 8.72. The number of benzene rings is 3. The average Bonchev–Trinajstić information content (AvgIpc) is 2.95. The van der Waals surface area contributed by atoms with Crippen molar-refractivity contribution < 1.29 is 22.8 Å². The minimum atomic E-state index is -4.26. The molecule has 1 saturated heterocycles. The Kier molecular flexibility index (Phi) is 8.97. The third-order valence-electron chi connectivity index (χ3n) is 6.11. The van der Waals surface area contributed by atoms with E-state index in [0.717, 1.165) is 4.47 Å². The third-order valence-corrected chi connectivity index (χ3v) is 8.23. The van der Waals surface area contributed by atoms with Crippen LogP contribution in [-0.2, 0) is 14.8 Å². The van der Waals surface area contributed by atoms with E-state index in [1.807, 2.05) is 0 Å². The Labute approximate surface area is 236 Å². The van der Waals surface area contributed by atoms with Gasteiger partial charge in [-0.3, -0.25) is 9.59 Å². The fraction of sp³-hybridized carbons (Fsp3) is 0.222. The highest BCUT2D eigenvalue weighted by Gasteiger charge is 2.29. The quantitative estimate of drug-likeness (QED) is 0.383. The zero-order chi connectivity index (χ0) is 28.0. The van der Waals surface area contributed by atoms with Crippen molar-refractivity contribution in [2.75, 3.05) is 24.1 Å². The van der Waals surface area contributed by atoms with Crippen LogP contribution in [0, 0.1) is 17.2 Å². The molecule has 0 spiro atoms. The summed E-state index contributed by atoms with van der Waals surface area (Å²) in [5, 5.41) is 12.0. The summed E-state index contributed by atoms with van der Waals surface area (Å²) in [4.78, 5) is 32.3. The van der Waals surface area contributed by atoms with Crippen molar-refractivity contribution in [3.05, 3.63) is 88.4 Å². The minimum absolute atomic E-state index is 0.0511. The zero-order valence-corrected chi connectivity index (χ0v) is 22.9. The molecule has 9 nitrogen and oxygen atoms in total. The molecule has 3 aromatic rings. The van der Waals surface area contributed by atoms with E-state index < -0.39 is 15.9 Å². The van der Waals surface area contributed by atoms with Crippen molar-refractivity contribution in [2.45, 2.75) is 17.7 Å². The van der Waals surface area contributed by atoms with Gasteiger partial charge in [-0.1, -0.05) is 45.9 Å². The van der Waals surface area contributed by atoms with E-state index in [4.69, 9.17) is 33.3 Å². The summed E-state index contributed by atoms with van der Waals surface area (Å²) in [6.45, 7) is 0.745. The molecule has 0 unspecified atom stereocenters. The Morgan fingerprint density at radius 3 is 2.31 bits per heavy atom. The number of carbonyl (C=O) groups is 2. The lowest BCUT2D eigenvalue weighted by Crippen LogP contribution is -2.44. The van der Waals surface area contributed by atoms with Crippen molar-refractivity contribution in [3.8, 4) is 11.8 Å². The molecule has 0 saturated carbocycles. The molecule has 0 radical (unpaired) electrons. The maximum absolute atomic E-state index is 13.6. The van der Waals surface area contributed by atoms with Crippen LogP contribution in [0.5, 0.6) is 5.75 Å². The molecule has 202 valence electrons. The van der Waals surface area contributed by atoms with Crippen molar-refractivity contribution in [2.24, 2.45) is 5.92 Å². The molecule has 0 bridgehead atoms. The molecule has 1 heterocycles. The number of nitriles is 1. The monoisotopic (exact) mass is 586 g/mol. The van der Waals surface area contributed by atoms with Gasteiger partial charge in [-0.2, -0.15) is 13.7 Å². The fourth-order valence-corrected chi connectivity index (χ4v) is 5.62. The van der Waals surface area contributed by atoms with Gasteiger partial charge in [0, 0.05) is 29.6 Å². The average molecular weight is 587 g/mol. The number of piperidine rings is 1. The highest BCUT2D eigenvalue weighted by molar-refractivity contribution is 7.92. The number of sulfonamides is 1. The van der Waals surface area contributed by atoms with Crippen molar-refractivity contribution in [3.63, 3.8) is 0 Å². The first-order valence-corrected chi connectivity index (χ1v) is 14.2. The van der Waals surface area contributed by atoms with E-state index in [-0.39, 0.29) is 45.3 Å². The van der Waals surface area contributed by atoms with Crippen molar-refractivity contribution in [1.82, 2.24) is 10.2 Å². The number of amides is 2. The molecule has 3 aromatic carbocycles. The number of rotatable bonds is 8. The molecule has 2 amide bonds. The molecule has 1 aliphatic rings. The Morgan fingerprint density at radius 2 is 1.69 bits per heavy atom. The molecule has 12 heteroatoms. The highest BCUT2D eigenvalue weighted by atomic mass is 35.5. The van der Waals surface area contributed by atoms with E-state index in [2.05, 4.69) is 11.4 Å². The number of hydrogen-bond donors (Lipinski definition) is 1.